The Morgan fingerprint density at radius 2 is 1.89 bits per heavy atom. The Labute approximate surface area is 232 Å². The fraction of sp³-hybridized carbons (Fsp3) is 0.655. The number of nitrogens with zero attached hydrogens (tertiary/aromatic N) is 2. The van der Waals surface area contributed by atoms with Crippen LogP contribution in [-0.4, -0.2) is 48.6 Å². The lowest BCUT2D eigenvalue weighted by atomic mass is 9.55. The number of hydrogen-bond acceptors (Lipinski definition) is 5. The van der Waals surface area contributed by atoms with Gasteiger partial charge in [0.05, 0.1) is 5.69 Å². The number of Topliss-reactive ketones (excluding diaryl/α,β-unsaturated/α-hetero) is 1. The van der Waals surface area contributed by atoms with Crippen molar-refractivity contribution >= 4 is 47.7 Å². The minimum absolute atomic E-state index is 0.0948. The predicted molar refractivity (Wildman–Crippen MR) is 155 cm³/mol. The molecule has 1 aliphatic heterocycles. The van der Waals surface area contributed by atoms with Crippen LogP contribution in [0.1, 0.15) is 82.4 Å². The van der Waals surface area contributed by atoms with Crippen LogP contribution in [0.25, 0.3) is 0 Å². The predicted octanol–water partition coefficient (Wildman–Crippen LogP) is 6.56. The highest BCUT2D eigenvalue weighted by Gasteiger charge is 2.54. The summed E-state index contributed by atoms with van der Waals surface area (Å²) in [5, 5.41) is 3.20. The molecule has 194 valence electrons. The number of benzene rings is 1. The molecule has 0 N–H and O–H groups in total. The molecule has 3 fully saturated rings. The van der Waals surface area contributed by atoms with E-state index in [9.17, 15) is 9.59 Å². The van der Waals surface area contributed by atoms with Gasteiger partial charge in [-0.05, 0) is 108 Å². The van der Waals surface area contributed by atoms with Gasteiger partial charge in [-0.25, -0.2) is 4.79 Å². The molecular formula is C29H37IN2O3S. The van der Waals surface area contributed by atoms with E-state index in [-0.39, 0.29) is 11.5 Å². The lowest BCUT2D eigenvalue weighted by Gasteiger charge is -2.48. The van der Waals surface area contributed by atoms with Crippen molar-refractivity contribution in [2.75, 3.05) is 31.1 Å². The van der Waals surface area contributed by atoms with E-state index in [0.29, 0.717) is 36.6 Å². The Hall–Kier alpha value is -1.40. The van der Waals surface area contributed by atoms with Crippen LogP contribution in [0.3, 0.4) is 0 Å². The van der Waals surface area contributed by atoms with E-state index < -0.39 is 5.60 Å². The Bertz CT molecular complexity index is 1110. The van der Waals surface area contributed by atoms with Crippen LogP contribution in [0.5, 0.6) is 0 Å². The highest BCUT2D eigenvalue weighted by molar-refractivity contribution is 14.2. The average Bonchev–Trinajstić information content (AvgIpc) is 3.15. The lowest BCUT2D eigenvalue weighted by Crippen LogP contribution is -2.50. The van der Waals surface area contributed by atoms with Crippen LogP contribution >= 0.6 is 30.1 Å². The van der Waals surface area contributed by atoms with E-state index in [1.165, 1.54) is 32.2 Å². The number of hydrogen-bond donors (Lipinski definition) is 0. The van der Waals surface area contributed by atoms with Crippen molar-refractivity contribution in [2.45, 2.75) is 77.7 Å². The summed E-state index contributed by atoms with van der Waals surface area (Å²) in [6, 6.07) is 4.77. The number of piperazine rings is 1. The first kappa shape index (κ1) is 26.2. The molecule has 1 amide bonds. The van der Waals surface area contributed by atoms with Crippen LogP contribution in [0.15, 0.2) is 12.1 Å². The number of aryl methyl sites for hydroxylation is 1. The highest BCUT2D eigenvalue weighted by Crippen LogP contribution is 2.59. The van der Waals surface area contributed by atoms with Crippen molar-refractivity contribution in [1.29, 1.82) is 0 Å². The van der Waals surface area contributed by atoms with E-state index >= 15 is 0 Å². The van der Waals surface area contributed by atoms with Gasteiger partial charge in [-0.2, -0.15) is 0 Å². The Morgan fingerprint density at radius 3 is 2.58 bits per heavy atom. The third-order valence-corrected chi connectivity index (χ3v) is 9.89. The molecule has 36 heavy (non-hydrogen) atoms. The molecule has 1 heterocycles. The van der Waals surface area contributed by atoms with Crippen LogP contribution in [0.2, 0.25) is 0 Å². The van der Waals surface area contributed by atoms with Crippen LogP contribution in [0.4, 0.5) is 10.5 Å². The van der Waals surface area contributed by atoms with E-state index in [0.717, 1.165) is 50.8 Å². The number of amides is 1. The molecule has 1 saturated heterocycles. The van der Waals surface area contributed by atoms with Crippen molar-refractivity contribution in [1.82, 2.24) is 4.90 Å². The number of carbonyl (C=O) groups excluding carboxylic acids is 2. The summed E-state index contributed by atoms with van der Waals surface area (Å²) < 4.78 is 5.60. The van der Waals surface area contributed by atoms with Gasteiger partial charge in [0.15, 0.2) is 0 Å². The first-order valence-corrected chi connectivity index (χ1v) is 16.7. The molecule has 7 heteroatoms. The zero-order valence-electron chi connectivity index (χ0n) is 21.9. The Balaban J connectivity index is 1.41. The molecular weight excluding hydrogens is 583 g/mol. The molecule has 0 spiro atoms. The minimum atomic E-state index is -0.483. The molecule has 4 unspecified atom stereocenters. The number of fused-ring (bicyclic) bond motifs is 5. The van der Waals surface area contributed by atoms with Gasteiger partial charge in [-0.3, -0.25) is 4.79 Å². The standard InChI is InChI=1S/C29H37IN2O3S/c1-28(2,3)35-27(34)32-14-12-31(13-15-32)25-18-23-19(17-20(25)10-16-36-30)5-6-22-21(23)9-11-29(4)24(22)7-8-26(29)33/h17-18,21-22,24H,5-9,11-15H2,1-4H3. The van der Waals surface area contributed by atoms with Crippen molar-refractivity contribution in [3.05, 3.63) is 28.8 Å². The summed E-state index contributed by atoms with van der Waals surface area (Å²) in [5.74, 6) is 5.60. The maximum atomic E-state index is 12.7. The fourth-order valence-electron chi connectivity index (χ4n) is 7.27. The van der Waals surface area contributed by atoms with E-state index in [1.807, 2.05) is 25.7 Å². The van der Waals surface area contributed by atoms with Gasteiger partial charge in [-0.15, -0.1) is 0 Å². The van der Waals surface area contributed by atoms with Gasteiger partial charge in [0.1, 0.15) is 11.4 Å². The second-order valence-electron chi connectivity index (χ2n) is 12.2. The number of ether oxygens (including phenoxy) is 1. The first-order chi connectivity index (χ1) is 17.1. The van der Waals surface area contributed by atoms with Crippen LogP contribution < -0.4 is 4.90 Å². The summed E-state index contributed by atoms with van der Waals surface area (Å²) in [7, 11) is 1.52. The molecule has 1 aromatic rings. The van der Waals surface area contributed by atoms with Crippen LogP contribution in [0, 0.1) is 28.4 Å². The molecule has 5 rings (SSSR count). The maximum absolute atomic E-state index is 12.7. The molecule has 1 aromatic carbocycles. The number of carbonyl (C=O) groups is 2. The quantitative estimate of drug-likeness (QED) is 0.263. The Kier molecular flexibility index (Phi) is 7.32. The first-order valence-electron chi connectivity index (χ1n) is 13.3. The monoisotopic (exact) mass is 620 g/mol. The average molecular weight is 621 g/mol. The van der Waals surface area contributed by atoms with E-state index in [4.69, 9.17) is 4.74 Å². The third-order valence-electron chi connectivity index (χ3n) is 9.05. The van der Waals surface area contributed by atoms with Crippen molar-refractivity contribution in [2.24, 2.45) is 17.3 Å². The lowest BCUT2D eigenvalue weighted by molar-refractivity contribution is -0.129. The van der Waals surface area contributed by atoms with Gasteiger partial charge in [0.25, 0.3) is 0 Å². The van der Waals surface area contributed by atoms with Crippen LogP contribution in [-0.2, 0) is 16.0 Å². The number of halogens is 1. The molecule has 4 aliphatic rings. The second kappa shape index (κ2) is 10.1. The largest absolute Gasteiger partial charge is 0.444 e. The summed E-state index contributed by atoms with van der Waals surface area (Å²) >= 11 is 2.23. The van der Waals surface area contributed by atoms with Crippen molar-refractivity contribution < 1.29 is 14.3 Å². The molecule has 0 bridgehead atoms. The van der Waals surface area contributed by atoms with Gasteiger partial charge in [0, 0.05) is 64.8 Å². The topological polar surface area (TPSA) is 49.9 Å². The summed E-state index contributed by atoms with van der Waals surface area (Å²) in [6.07, 6.45) is 6.01. The molecule has 2 saturated carbocycles. The smallest absolute Gasteiger partial charge is 0.410 e. The number of ketones is 1. The summed E-state index contributed by atoms with van der Waals surface area (Å²) in [4.78, 5) is 29.6. The SMILES string of the molecule is CC(C)(C)OC(=O)N1CCN(c2cc3c(cc2C#CSI)CCC2C3CCC3(C)C(=O)CCC23)CC1. The Morgan fingerprint density at radius 1 is 1.14 bits per heavy atom. The van der Waals surface area contributed by atoms with Crippen molar-refractivity contribution in [3.63, 3.8) is 0 Å². The third kappa shape index (κ3) is 4.89. The van der Waals surface area contributed by atoms with Gasteiger partial charge in [0.2, 0.25) is 0 Å². The number of rotatable bonds is 1. The number of anilines is 1. The van der Waals surface area contributed by atoms with E-state index in [1.54, 1.807) is 0 Å². The van der Waals surface area contributed by atoms with E-state index in [2.05, 4.69) is 56.3 Å². The second-order valence-corrected chi connectivity index (χ2v) is 13.8. The molecule has 5 nitrogen and oxygen atoms in total. The molecule has 4 atom stereocenters. The molecule has 0 aromatic heterocycles. The van der Waals surface area contributed by atoms with Gasteiger partial charge in [-0.1, -0.05) is 12.8 Å². The highest BCUT2D eigenvalue weighted by atomic mass is 127. The molecule has 0 radical (unpaired) electrons. The van der Waals surface area contributed by atoms with Gasteiger partial charge < -0.3 is 14.5 Å². The fourth-order valence-corrected chi connectivity index (χ4v) is 7.75. The minimum Gasteiger partial charge on any atom is -0.444 e. The zero-order chi connectivity index (χ0) is 25.7. The summed E-state index contributed by atoms with van der Waals surface area (Å²) in [5.41, 5.74) is 4.66. The van der Waals surface area contributed by atoms with Crippen molar-refractivity contribution in [3.8, 4) is 11.2 Å². The van der Waals surface area contributed by atoms with Gasteiger partial charge >= 0.3 is 6.09 Å². The zero-order valence-corrected chi connectivity index (χ0v) is 24.8. The maximum Gasteiger partial charge on any atom is 0.410 e. The molecule has 3 aliphatic carbocycles. The normalized spacial score (nSPS) is 29.6. The summed E-state index contributed by atoms with van der Waals surface area (Å²) in [6.45, 7) is 10.8.